The van der Waals surface area contributed by atoms with Gasteiger partial charge in [0.05, 0.1) is 4.92 Å². The molecule has 2 N–H and O–H groups in total. The Morgan fingerprint density at radius 3 is 2.13 bits per heavy atom. The Kier molecular flexibility index (Phi) is 3.16. The van der Waals surface area contributed by atoms with Crippen LogP contribution in [0.15, 0.2) is 24.3 Å². The zero-order valence-electron chi connectivity index (χ0n) is 7.31. The van der Waals surface area contributed by atoms with Crippen molar-refractivity contribution >= 4 is 34.8 Å². The number of primary amides is 1. The van der Waals surface area contributed by atoms with Crippen LogP contribution < -0.4 is 5.73 Å². The van der Waals surface area contributed by atoms with E-state index in [9.17, 15) is 14.9 Å². The van der Waals surface area contributed by atoms with Gasteiger partial charge >= 0.3 is 0 Å². The average molecular weight is 249 g/mol. The van der Waals surface area contributed by atoms with Crippen LogP contribution in [0.2, 0.25) is 0 Å². The van der Waals surface area contributed by atoms with E-state index in [1.54, 1.807) is 0 Å². The quantitative estimate of drug-likeness (QED) is 0.502. The number of nitrogens with zero attached hydrogens (tertiary/aromatic N) is 1. The molecule has 1 aromatic carbocycles. The second-order valence-corrected chi connectivity index (χ2v) is 4.07. The molecule has 0 saturated carbocycles. The zero-order valence-corrected chi connectivity index (χ0v) is 8.83. The summed E-state index contributed by atoms with van der Waals surface area (Å²) in [6.45, 7) is 0. The molecule has 0 heterocycles. The highest BCUT2D eigenvalue weighted by molar-refractivity contribution is 6.57. The fourth-order valence-electron chi connectivity index (χ4n) is 0.935. The smallest absolute Gasteiger partial charge is 0.269 e. The molecule has 0 aliphatic heterocycles. The molecule has 0 atom stereocenters. The predicted molar refractivity (Wildman–Crippen MR) is 55.7 cm³/mol. The number of halogens is 2. The standard InChI is InChI=1S/C8H6Cl2N2O3/c9-8(10,7(11)13)5-1-3-6(4-2-5)12(14)15/h1-4H,(H2,11,13). The molecule has 0 unspecified atom stereocenters. The fourth-order valence-corrected chi connectivity index (χ4v) is 1.19. The van der Waals surface area contributed by atoms with E-state index >= 15 is 0 Å². The number of carbonyl (C=O) groups excluding carboxylic acids is 1. The Morgan fingerprint density at radius 1 is 1.33 bits per heavy atom. The number of amides is 1. The van der Waals surface area contributed by atoms with Gasteiger partial charge in [-0.05, 0) is 17.7 Å². The van der Waals surface area contributed by atoms with E-state index < -0.39 is 15.2 Å². The molecular formula is C8H6Cl2N2O3. The molecule has 1 rings (SSSR count). The molecule has 0 fully saturated rings. The summed E-state index contributed by atoms with van der Waals surface area (Å²) < 4.78 is -1.87. The van der Waals surface area contributed by atoms with Crippen LogP contribution in [0, 0.1) is 10.1 Å². The van der Waals surface area contributed by atoms with E-state index in [1.165, 1.54) is 24.3 Å². The van der Waals surface area contributed by atoms with Crippen LogP contribution in [0.5, 0.6) is 0 Å². The van der Waals surface area contributed by atoms with Gasteiger partial charge in [-0.1, -0.05) is 23.2 Å². The molecule has 5 nitrogen and oxygen atoms in total. The first-order valence-corrected chi connectivity index (χ1v) is 4.54. The van der Waals surface area contributed by atoms with E-state index in [0.29, 0.717) is 0 Å². The minimum atomic E-state index is -1.87. The summed E-state index contributed by atoms with van der Waals surface area (Å²) in [6, 6.07) is 4.95. The van der Waals surface area contributed by atoms with E-state index in [-0.39, 0.29) is 11.3 Å². The van der Waals surface area contributed by atoms with Gasteiger partial charge in [0.2, 0.25) is 4.33 Å². The van der Waals surface area contributed by atoms with Crippen molar-refractivity contribution in [2.24, 2.45) is 5.73 Å². The van der Waals surface area contributed by atoms with Gasteiger partial charge in [-0.3, -0.25) is 14.9 Å². The van der Waals surface area contributed by atoms with Crippen LogP contribution in [0.4, 0.5) is 5.69 Å². The highest BCUT2D eigenvalue weighted by Gasteiger charge is 2.33. The molecule has 0 saturated heterocycles. The van der Waals surface area contributed by atoms with E-state index in [1.807, 2.05) is 0 Å². The van der Waals surface area contributed by atoms with E-state index in [0.717, 1.165) is 0 Å². The lowest BCUT2D eigenvalue weighted by molar-refractivity contribution is -0.384. The Labute approximate surface area is 94.9 Å². The van der Waals surface area contributed by atoms with E-state index in [2.05, 4.69) is 0 Å². The van der Waals surface area contributed by atoms with Gasteiger partial charge in [0.25, 0.3) is 11.6 Å². The molecule has 80 valence electrons. The van der Waals surface area contributed by atoms with Crippen LogP contribution in [0.1, 0.15) is 5.56 Å². The molecule has 0 radical (unpaired) electrons. The topological polar surface area (TPSA) is 86.2 Å². The van der Waals surface area contributed by atoms with Crippen LogP contribution in [0.3, 0.4) is 0 Å². The second kappa shape index (κ2) is 4.04. The average Bonchev–Trinajstić information content (AvgIpc) is 2.17. The Balaban J connectivity index is 3.09. The molecule has 0 aromatic heterocycles. The lowest BCUT2D eigenvalue weighted by atomic mass is 10.1. The van der Waals surface area contributed by atoms with E-state index in [4.69, 9.17) is 28.9 Å². The number of hydrogen-bond acceptors (Lipinski definition) is 3. The van der Waals surface area contributed by atoms with Crippen molar-refractivity contribution in [1.82, 2.24) is 0 Å². The third-order valence-electron chi connectivity index (χ3n) is 1.75. The van der Waals surface area contributed by atoms with Crippen molar-refractivity contribution in [2.75, 3.05) is 0 Å². The zero-order chi connectivity index (χ0) is 11.6. The number of nitro groups is 1. The Bertz CT molecular complexity index is 403. The van der Waals surface area contributed by atoms with Crippen LogP contribution in [-0.2, 0) is 9.13 Å². The summed E-state index contributed by atoms with van der Waals surface area (Å²) in [5, 5.41) is 10.3. The predicted octanol–water partition coefficient (Wildman–Crippen LogP) is 1.71. The first kappa shape index (κ1) is 11.7. The van der Waals surface area contributed by atoms with Gasteiger partial charge in [0, 0.05) is 12.1 Å². The number of rotatable bonds is 3. The van der Waals surface area contributed by atoms with Gasteiger partial charge in [0.15, 0.2) is 0 Å². The molecule has 0 bridgehead atoms. The first-order chi connectivity index (χ1) is 6.85. The van der Waals surface area contributed by atoms with Crippen molar-refractivity contribution in [2.45, 2.75) is 4.33 Å². The number of carbonyl (C=O) groups is 1. The highest BCUT2D eigenvalue weighted by Crippen LogP contribution is 2.34. The minimum Gasteiger partial charge on any atom is -0.367 e. The number of alkyl halides is 2. The van der Waals surface area contributed by atoms with Gasteiger partial charge in [-0.25, -0.2) is 0 Å². The first-order valence-electron chi connectivity index (χ1n) is 3.78. The summed E-state index contributed by atoms with van der Waals surface area (Å²) >= 11 is 11.3. The summed E-state index contributed by atoms with van der Waals surface area (Å²) in [4.78, 5) is 20.6. The molecule has 7 heteroatoms. The van der Waals surface area contributed by atoms with Gasteiger partial charge in [0.1, 0.15) is 0 Å². The van der Waals surface area contributed by atoms with Gasteiger partial charge < -0.3 is 5.73 Å². The highest BCUT2D eigenvalue weighted by atomic mass is 35.5. The molecule has 0 aliphatic rings. The third kappa shape index (κ3) is 2.37. The number of nitro benzene ring substituents is 1. The maximum Gasteiger partial charge on any atom is 0.269 e. The number of benzene rings is 1. The van der Waals surface area contributed by atoms with Crippen molar-refractivity contribution in [3.63, 3.8) is 0 Å². The number of hydrogen-bond donors (Lipinski definition) is 1. The second-order valence-electron chi connectivity index (χ2n) is 2.74. The van der Waals surface area contributed by atoms with Crippen LogP contribution in [-0.4, -0.2) is 10.8 Å². The maximum atomic E-state index is 10.9. The van der Waals surface area contributed by atoms with Crippen LogP contribution in [0.25, 0.3) is 0 Å². The maximum absolute atomic E-state index is 10.9. The monoisotopic (exact) mass is 248 g/mol. The summed E-state index contributed by atoms with van der Waals surface area (Å²) in [6.07, 6.45) is 0. The SMILES string of the molecule is NC(=O)C(Cl)(Cl)c1ccc([N+](=O)[O-])cc1. The normalized spacial score (nSPS) is 11.1. The van der Waals surface area contributed by atoms with Gasteiger partial charge in [-0.2, -0.15) is 0 Å². The largest absolute Gasteiger partial charge is 0.367 e. The summed E-state index contributed by atoms with van der Waals surface area (Å²) in [5.74, 6) is -0.931. The Hall–Kier alpha value is -1.33. The molecule has 1 aromatic rings. The number of non-ortho nitro benzene ring substituents is 1. The molecule has 1 amide bonds. The molecule has 0 spiro atoms. The van der Waals surface area contributed by atoms with Crippen molar-refractivity contribution in [1.29, 1.82) is 0 Å². The lowest BCUT2D eigenvalue weighted by Crippen LogP contribution is -2.30. The van der Waals surface area contributed by atoms with Crippen molar-refractivity contribution in [3.05, 3.63) is 39.9 Å². The fraction of sp³-hybridized carbons (Fsp3) is 0.125. The Morgan fingerprint density at radius 2 is 1.80 bits per heavy atom. The number of nitrogens with two attached hydrogens (primary N) is 1. The van der Waals surface area contributed by atoms with Crippen molar-refractivity contribution < 1.29 is 9.72 Å². The summed E-state index contributed by atoms with van der Waals surface area (Å²) in [7, 11) is 0. The third-order valence-corrected chi connectivity index (χ3v) is 2.56. The van der Waals surface area contributed by atoms with Gasteiger partial charge in [-0.15, -0.1) is 0 Å². The molecule has 0 aliphatic carbocycles. The lowest BCUT2D eigenvalue weighted by Gasteiger charge is -2.14. The van der Waals surface area contributed by atoms with Crippen LogP contribution >= 0.6 is 23.2 Å². The van der Waals surface area contributed by atoms with Crippen molar-refractivity contribution in [3.8, 4) is 0 Å². The molecular weight excluding hydrogens is 243 g/mol. The minimum absolute atomic E-state index is 0.118. The molecule has 15 heavy (non-hydrogen) atoms. The summed E-state index contributed by atoms with van der Waals surface area (Å²) in [5.41, 5.74) is 5.04.